The fourth-order valence-corrected chi connectivity index (χ4v) is 4.63. The second-order valence-corrected chi connectivity index (χ2v) is 8.05. The number of nitrogens with zero attached hydrogens (tertiary/aromatic N) is 2. The molecule has 0 aliphatic rings. The van der Waals surface area contributed by atoms with Gasteiger partial charge in [-0.15, -0.1) is 11.3 Å². The van der Waals surface area contributed by atoms with Crippen molar-refractivity contribution in [2.24, 2.45) is 0 Å². The van der Waals surface area contributed by atoms with Crippen molar-refractivity contribution in [1.29, 1.82) is 0 Å². The molecule has 0 aliphatic carbocycles. The molecule has 0 fully saturated rings. The van der Waals surface area contributed by atoms with E-state index in [2.05, 4.69) is 15.3 Å². The zero-order chi connectivity index (χ0) is 18.1. The number of carbonyl (C=O) groups is 1. The Bertz CT molecular complexity index is 1080. The molecule has 2 aromatic heterocycles. The minimum atomic E-state index is -0.0843. The third kappa shape index (κ3) is 3.40. The number of ether oxygens (including phenoxy) is 1. The van der Waals surface area contributed by atoms with Crippen LogP contribution in [0.5, 0.6) is 5.75 Å². The molecule has 5 nitrogen and oxygen atoms in total. The topological polar surface area (TPSA) is 64.1 Å². The minimum absolute atomic E-state index is 0.0843. The summed E-state index contributed by atoms with van der Waals surface area (Å²) < 4.78 is 7.58. The molecule has 1 amide bonds. The van der Waals surface area contributed by atoms with Gasteiger partial charge in [-0.25, -0.2) is 9.97 Å². The molecule has 2 heterocycles. The Morgan fingerprint density at radius 3 is 2.69 bits per heavy atom. The third-order valence-corrected chi connectivity index (χ3v) is 5.80. The van der Waals surface area contributed by atoms with Crippen LogP contribution in [0.2, 0.25) is 0 Å². The molecule has 0 radical (unpaired) electrons. The van der Waals surface area contributed by atoms with E-state index in [0.29, 0.717) is 18.2 Å². The number of anilines is 1. The lowest BCUT2D eigenvalue weighted by Crippen LogP contribution is -2.14. The van der Waals surface area contributed by atoms with Crippen LogP contribution in [0, 0.1) is 6.92 Å². The number of aromatic nitrogens is 2. The van der Waals surface area contributed by atoms with Crippen molar-refractivity contribution in [1.82, 2.24) is 9.97 Å². The number of fused-ring (bicyclic) bond motifs is 3. The van der Waals surface area contributed by atoms with E-state index in [1.807, 2.05) is 50.2 Å². The molecule has 0 atom stereocenters. The molecule has 0 unspecified atom stereocenters. The van der Waals surface area contributed by atoms with Crippen molar-refractivity contribution in [2.75, 3.05) is 11.9 Å². The van der Waals surface area contributed by atoms with Crippen LogP contribution in [-0.4, -0.2) is 22.5 Å². The van der Waals surface area contributed by atoms with Gasteiger partial charge in [0.2, 0.25) is 5.91 Å². The first kappa shape index (κ1) is 16.9. The van der Waals surface area contributed by atoms with Crippen molar-refractivity contribution < 1.29 is 9.53 Å². The predicted molar refractivity (Wildman–Crippen MR) is 107 cm³/mol. The summed E-state index contributed by atoms with van der Waals surface area (Å²) in [6, 6.07) is 11.6. The molecule has 4 aromatic rings. The number of benzene rings is 2. The quantitative estimate of drug-likeness (QED) is 0.538. The molecular formula is C19H17N3O2S2. The van der Waals surface area contributed by atoms with Crippen LogP contribution in [-0.2, 0) is 11.2 Å². The van der Waals surface area contributed by atoms with Gasteiger partial charge in [0.05, 0.1) is 33.0 Å². The number of carbonyl (C=O) groups excluding carboxylic acids is 1. The van der Waals surface area contributed by atoms with Crippen molar-refractivity contribution in [3.8, 4) is 5.75 Å². The monoisotopic (exact) mass is 383 g/mol. The molecule has 2 aromatic carbocycles. The summed E-state index contributed by atoms with van der Waals surface area (Å²) in [5.41, 5.74) is 2.77. The molecular weight excluding hydrogens is 366 g/mol. The molecule has 0 saturated heterocycles. The number of aryl methyl sites for hydroxylation is 1. The Hall–Kier alpha value is -2.51. The third-order valence-electron chi connectivity index (χ3n) is 3.87. The van der Waals surface area contributed by atoms with Gasteiger partial charge in [0.25, 0.3) is 0 Å². The number of nitrogens with one attached hydrogen (secondary N) is 1. The van der Waals surface area contributed by atoms with E-state index in [0.717, 1.165) is 36.8 Å². The van der Waals surface area contributed by atoms with Gasteiger partial charge in [-0.3, -0.25) is 4.79 Å². The highest BCUT2D eigenvalue weighted by molar-refractivity contribution is 7.24. The van der Waals surface area contributed by atoms with Gasteiger partial charge in [-0.05, 0) is 43.7 Å². The number of rotatable bonds is 5. The maximum atomic E-state index is 12.3. The maximum Gasteiger partial charge on any atom is 0.230 e. The molecule has 4 rings (SSSR count). The summed E-state index contributed by atoms with van der Waals surface area (Å²) >= 11 is 3.14. The molecule has 0 saturated carbocycles. The van der Waals surface area contributed by atoms with Crippen LogP contribution in [0.4, 0.5) is 5.13 Å². The van der Waals surface area contributed by atoms with E-state index in [1.54, 1.807) is 11.3 Å². The largest absolute Gasteiger partial charge is 0.494 e. The van der Waals surface area contributed by atoms with Gasteiger partial charge in [0.15, 0.2) is 5.13 Å². The van der Waals surface area contributed by atoms with Crippen LogP contribution in [0.15, 0.2) is 36.4 Å². The smallest absolute Gasteiger partial charge is 0.230 e. The van der Waals surface area contributed by atoms with Crippen molar-refractivity contribution in [3.05, 3.63) is 47.0 Å². The van der Waals surface area contributed by atoms with E-state index < -0.39 is 0 Å². The molecule has 1 N–H and O–H groups in total. The standard InChI is InChI=1S/C19H17N3O2S2/c1-3-24-13-6-4-12(5-7-13)10-16(23)22-19-21-14-8-9-15-17(18(14)26-19)20-11(2)25-15/h4-9H,3,10H2,1-2H3,(H,21,22,23). The molecule has 0 aliphatic heterocycles. The Balaban J connectivity index is 1.51. The summed E-state index contributed by atoms with van der Waals surface area (Å²) in [5, 5.41) is 4.54. The Morgan fingerprint density at radius 2 is 1.92 bits per heavy atom. The van der Waals surface area contributed by atoms with Gasteiger partial charge in [0, 0.05) is 0 Å². The van der Waals surface area contributed by atoms with Crippen LogP contribution in [0.1, 0.15) is 17.5 Å². The zero-order valence-corrected chi connectivity index (χ0v) is 16.0. The van der Waals surface area contributed by atoms with Crippen LogP contribution < -0.4 is 10.1 Å². The average Bonchev–Trinajstić information content (AvgIpc) is 3.18. The molecule has 7 heteroatoms. The summed E-state index contributed by atoms with van der Waals surface area (Å²) in [5.74, 6) is 0.726. The number of hydrogen-bond donors (Lipinski definition) is 1. The first-order chi connectivity index (χ1) is 12.6. The Labute approximate surface area is 158 Å². The summed E-state index contributed by atoms with van der Waals surface area (Å²) in [6.45, 7) is 4.57. The van der Waals surface area contributed by atoms with Gasteiger partial charge in [-0.1, -0.05) is 23.5 Å². The highest BCUT2D eigenvalue weighted by Crippen LogP contribution is 2.34. The minimum Gasteiger partial charge on any atom is -0.494 e. The predicted octanol–water partition coefficient (Wildman–Crippen LogP) is 4.79. The van der Waals surface area contributed by atoms with E-state index >= 15 is 0 Å². The maximum absolute atomic E-state index is 12.3. The zero-order valence-electron chi connectivity index (χ0n) is 14.4. The van der Waals surface area contributed by atoms with Crippen molar-refractivity contribution in [3.63, 3.8) is 0 Å². The molecule has 0 bridgehead atoms. The highest BCUT2D eigenvalue weighted by Gasteiger charge is 2.13. The lowest BCUT2D eigenvalue weighted by molar-refractivity contribution is -0.115. The molecule has 132 valence electrons. The fourth-order valence-electron chi connectivity index (χ4n) is 2.76. The first-order valence-electron chi connectivity index (χ1n) is 8.30. The Kier molecular flexibility index (Phi) is 4.57. The lowest BCUT2D eigenvalue weighted by Gasteiger charge is -2.05. The Morgan fingerprint density at radius 1 is 1.12 bits per heavy atom. The normalized spacial score (nSPS) is 11.2. The number of thiazole rings is 2. The first-order valence-corrected chi connectivity index (χ1v) is 9.94. The molecule has 26 heavy (non-hydrogen) atoms. The fraction of sp³-hybridized carbons (Fsp3) is 0.211. The van der Waals surface area contributed by atoms with E-state index in [1.165, 1.54) is 11.3 Å². The summed E-state index contributed by atoms with van der Waals surface area (Å²) in [6.07, 6.45) is 0.299. The summed E-state index contributed by atoms with van der Waals surface area (Å²) in [4.78, 5) is 21.5. The SMILES string of the molecule is CCOc1ccc(CC(=O)Nc2nc3ccc4sc(C)nc4c3s2)cc1. The van der Waals surface area contributed by atoms with Crippen LogP contribution >= 0.6 is 22.7 Å². The highest BCUT2D eigenvalue weighted by atomic mass is 32.1. The van der Waals surface area contributed by atoms with E-state index in [-0.39, 0.29) is 5.91 Å². The van der Waals surface area contributed by atoms with Crippen LogP contribution in [0.3, 0.4) is 0 Å². The van der Waals surface area contributed by atoms with Gasteiger partial charge in [0.1, 0.15) is 11.3 Å². The van der Waals surface area contributed by atoms with E-state index in [4.69, 9.17) is 4.74 Å². The van der Waals surface area contributed by atoms with Gasteiger partial charge in [-0.2, -0.15) is 0 Å². The summed E-state index contributed by atoms with van der Waals surface area (Å²) in [7, 11) is 0. The van der Waals surface area contributed by atoms with Crippen molar-refractivity contribution >= 4 is 54.1 Å². The van der Waals surface area contributed by atoms with E-state index in [9.17, 15) is 4.79 Å². The average molecular weight is 383 g/mol. The lowest BCUT2D eigenvalue weighted by atomic mass is 10.1. The molecule has 0 spiro atoms. The second kappa shape index (κ2) is 7.01. The van der Waals surface area contributed by atoms with Gasteiger partial charge < -0.3 is 10.1 Å². The van der Waals surface area contributed by atoms with Crippen LogP contribution in [0.25, 0.3) is 20.4 Å². The number of hydrogen-bond acceptors (Lipinski definition) is 6. The number of amides is 1. The van der Waals surface area contributed by atoms with Gasteiger partial charge >= 0.3 is 0 Å². The second-order valence-electron chi connectivity index (χ2n) is 5.81. The van der Waals surface area contributed by atoms with Crippen molar-refractivity contribution in [2.45, 2.75) is 20.3 Å².